The first-order valence-electron chi connectivity index (χ1n) is 16.7. The van der Waals surface area contributed by atoms with Crippen LogP contribution in [0, 0.1) is 0 Å². The van der Waals surface area contributed by atoms with E-state index in [2.05, 4.69) is 24.6 Å². The highest BCUT2D eigenvalue weighted by Crippen LogP contribution is 2.35. The highest BCUT2D eigenvalue weighted by molar-refractivity contribution is 5.96. The van der Waals surface area contributed by atoms with Gasteiger partial charge >= 0.3 is 0 Å². The Morgan fingerprint density at radius 1 is 0.792 bits per heavy atom. The van der Waals surface area contributed by atoms with Crippen molar-refractivity contribution in [2.24, 2.45) is 0 Å². The van der Waals surface area contributed by atoms with Crippen LogP contribution in [0.1, 0.15) is 12.8 Å². The molecule has 3 fully saturated rings. The minimum absolute atomic E-state index is 0.0336. The molecule has 3 aliphatic heterocycles. The van der Waals surface area contributed by atoms with E-state index in [-0.39, 0.29) is 18.6 Å². The van der Waals surface area contributed by atoms with Gasteiger partial charge < -0.3 is 49.3 Å². The first kappa shape index (κ1) is 33.6. The van der Waals surface area contributed by atoms with E-state index in [9.17, 15) is 4.79 Å². The van der Waals surface area contributed by atoms with Crippen molar-refractivity contribution < 1.29 is 19.0 Å². The fourth-order valence-corrected chi connectivity index (χ4v) is 6.44. The van der Waals surface area contributed by atoms with Crippen LogP contribution in [-0.2, 0) is 19.0 Å². The molecule has 0 radical (unpaired) electrons. The minimum atomic E-state index is 0.0336. The van der Waals surface area contributed by atoms with Gasteiger partial charge in [0.2, 0.25) is 17.8 Å². The van der Waals surface area contributed by atoms with Crippen LogP contribution in [-0.4, -0.2) is 155 Å². The normalized spacial score (nSPS) is 17.9. The molecule has 1 amide bonds. The molecule has 0 spiro atoms. The Labute approximate surface area is 281 Å². The van der Waals surface area contributed by atoms with Gasteiger partial charge in [0.1, 0.15) is 11.0 Å². The lowest BCUT2D eigenvalue weighted by Gasteiger charge is -2.37. The average Bonchev–Trinajstić information content (AvgIpc) is 3.12. The minimum Gasteiger partial charge on any atom is -0.396 e. The number of methoxy groups -OCH3 is 3. The number of carbonyl (C=O) groups excluding carboxylic acids is 1. The number of fused-ring (bicyclic) bond motifs is 1. The predicted octanol–water partition coefficient (Wildman–Crippen LogP) is 0.716. The predicted molar refractivity (Wildman–Crippen MR) is 186 cm³/mol. The van der Waals surface area contributed by atoms with Crippen molar-refractivity contribution in [3.8, 4) is 0 Å². The third-order valence-electron chi connectivity index (χ3n) is 9.41. The summed E-state index contributed by atoms with van der Waals surface area (Å²) >= 11 is 0. The molecule has 0 bridgehead atoms. The first-order valence-corrected chi connectivity index (χ1v) is 16.7. The third kappa shape index (κ3) is 7.24. The summed E-state index contributed by atoms with van der Waals surface area (Å²) in [7, 11) is 6.97. The van der Waals surface area contributed by atoms with Gasteiger partial charge in [0.05, 0.1) is 31.5 Å². The monoisotopic (exact) mass is 664 g/mol. The molecule has 48 heavy (non-hydrogen) atoms. The Balaban J connectivity index is 1.44. The van der Waals surface area contributed by atoms with E-state index in [1.165, 1.54) is 0 Å². The number of piperidine rings is 1. The molecule has 3 saturated heterocycles. The van der Waals surface area contributed by atoms with Crippen LogP contribution >= 0.6 is 0 Å². The molecule has 0 saturated carbocycles. The molecule has 6 heterocycles. The Morgan fingerprint density at radius 3 is 2.06 bits per heavy atom. The SMILES string of the molecule is COCCN(CCOC)c1nc(N2CCN(C)C(=O)C2)c2nc(N3CCN(c4ncccc4N)CC3)nc(N3CCC(OC)CC3)c2n1. The van der Waals surface area contributed by atoms with Crippen LogP contribution in [0.25, 0.3) is 11.0 Å². The van der Waals surface area contributed by atoms with Gasteiger partial charge in [-0.2, -0.15) is 9.97 Å². The van der Waals surface area contributed by atoms with Crippen molar-refractivity contribution in [3.05, 3.63) is 18.3 Å². The molecular formula is C32H48N12O4. The van der Waals surface area contributed by atoms with Gasteiger partial charge in [0.15, 0.2) is 17.5 Å². The van der Waals surface area contributed by atoms with Crippen molar-refractivity contribution in [2.75, 3.05) is 144 Å². The van der Waals surface area contributed by atoms with E-state index in [1.54, 1.807) is 32.4 Å². The maximum atomic E-state index is 13.0. The maximum absolute atomic E-state index is 13.0. The fourth-order valence-electron chi connectivity index (χ4n) is 6.44. The number of aromatic nitrogens is 5. The molecular weight excluding hydrogens is 616 g/mol. The molecule has 3 aliphatic rings. The van der Waals surface area contributed by atoms with Gasteiger partial charge in [-0.05, 0) is 25.0 Å². The largest absolute Gasteiger partial charge is 0.396 e. The summed E-state index contributed by atoms with van der Waals surface area (Å²) in [4.78, 5) is 50.8. The zero-order chi connectivity index (χ0) is 33.6. The molecule has 3 aromatic heterocycles. The second-order valence-corrected chi connectivity index (χ2v) is 12.4. The van der Waals surface area contributed by atoms with E-state index < -0.39 is 0 Å². The van der Waals surface area contributed by atoms with E-state index in [0.717, 1.165) is 50.7 Å². The highest BCUT2D eigenvalue weighted by Gasteiger charge is 2.31. The van der Waals surface area contributed by atoms with Gasteiger partial charge in [-0.15, -0.1) is 0 Å². The number of amides is 1. The van der Waals surface area contributed by atoms with Gasteiger partial charge in [-0.3, -0.25) is 4.79 Å². The molecule has 3 aromatic rings. The number of nitrogens with two attached hydrogens (primary N) is 1. The second-order valence-electron chi connectivity index (χ2n) is 12.4. The van der Waals surface area contributed by atoms with Crippen molar-refractivity contribution in [1.82, 2.24) is 29.8 Å². The van der Waals surface area contributed by atoms with Crippen molar-refractivity contribution in [1.29, 1.82) is 0 Å². The summed E-state index contributed by atoms with van der Waals surface area (Å²) in [5.41, 5.74) is 8.23. The lowest BCUT2D eigenvalue weighted by atomic mass is 10.1. The first-order chi connectivity index (χ1) is 23.4. The van der Waals surface area contributed by atoms with Crippen molar-refractivity contribution in [3.63, 3.8) is 0 Å². The number of hydrogen-bond donors (Lipinski definition) is 1. The summed E-state index contributed by atoms with van der Waals surface area (Å²) in [6, 6.07) is 3.73. The van der Waals surface area contributed by atoms with Crippen molar-refractivity contribution in [2.45, 2.75) is 18.9 Å². The Bertz CT molecular complexity index is 1540. The number of anilines is 6. The van der Waals surface area contributed by atoms with E-state index in [0.29, 0.717) is 86.9 Å². The highest BCUT2D eigenvalue weighted by atomic mass is 16.5. The van der Waals surface area contributed by atoms with Crippen LogP contribution in [0.15, 0.2) is 18.3 Å². The maximum Gasteiger partial charge on any atom is 0.241 e. The Hall–Kier alpha value is -4.28. The summed E-state index contributed by atoms with van der Waals surface area (Å²) in [5, 5.41) is 0. The van der Waals surface area contributed by atoms with Crippen molar-refractivity contribution >= 4 is 52.0 Å². The Morgan fingerprint density at radius 2 is 1.42 bits per heavy atom. The number of piperazine rings is 2. The molecule has 0 atom stereocenters. The van der Waals surface area contributed by atoms with Gasteiger partial charge in [-0.25, -0.2) is 15.0 Å². The number of pyridine rings is 1. The smallest absolute Gasteiger partial charge is 0.241 e. The quantitative estimate of drug-likeness (QED) is 0.289. The number of nitrogen functional groups attached to an aromatic ring is 1. The molecule has 16 heteroatoms. The molecule has 0 aromatic carbocycles. The Kier molecular flexibility index (Phi) is 10.7. The standard InChI is InChI=1S/C32H48N12O4/c1-39-12-13-44(22-25(39)45)30-27-26(35-32(38-30)43(18-20-46-2)19-21-47-3)29(40-10-7-23(48-4)8-11-40)37-31(36-27)42-16-14-41(15-17-42)28-24(33)6-5-9-34-28/h5-6,9,23H,7-8,10-22,33H2,1-4H3. The van der Waals surface area contributed by atoms with E-state index >= 15 is 0 Å². The number of rotatable bonds is 12. The zero-order valence-corrected chi connectivity index (χ0v) is 28.5. The number of carbonyl (C=O) groups is 1. The third-order valence-corrected chi connectivity index (χ3v) is 9.41. The molecule has 0 aliphatic carbocycles. The summed E-state index contributed by atoms with van der Waals surface area (Å²) in [6.45, 7) is 7.93. The number of ether oxygens (including phenoxy) is 3. The number of likely N-dealkylation sites (N-methyl/N-ethyl adjacent to an activating group) is 1. The average molecular weight is 665 g/mol. The van der Waals surface area contributed by atoms with E-state index in [1.807, 2.05) is 24.1 Å². The fraction of sp³-hybridized carbons (Fsp3) is 0.625. The number of hydrogen-bond acceptors (Lipinski definition) is 15. The van der Waals surface area contributed by atoms with Crippen LogP contribution in [0.2, 0.25) is 0 Å². The molecule has 0 unspecified atom stereocenters. The summed E-state index contributed by atoms with van der Waals surface area (Å²) in [6.07, 6.45) is 3.74. The molecule has 16 nitrogen and oxygen atoms in total. The summed E-state index contributed by atoms with van der Waals surface area (Å²) < 4.78 is 16.6. The second kappa shape index (κ2) is 15.3. The van der Waals surface area contributed by atoms with Crippen LogP contribution in [0.5, 0.6) is 0 Å². The van der Waals surface area contributed by atoms with Crippen LogP contribution in [0.4, 0.5) is 35.0 Å². The lowest BCUT2D eigenvalue weighted by molar-refractivity contribution is -0.129. The number of nitrogens with zero attached hydrogens (tertiary/aromatic N) is 11. The lowest BCUT2D eigenvalue weighted by Crippen LogP contribution is -2.49. The molecule has 6 rings (SSSR count). The topological polar surface area (TPSA) is 155 Å². The van der Waals surface area contributed by atoms with Gasteiger partial charge in [0, 0.05) is 100 Å². The molecule has 2 N–H and O–H groups in total. The van der Waals surface area contributed by atoms with E-state index in [4.69, 9.17) is 39.9 Å². The van der Waals surface area contributed by atoms with Crippen LogP contribution < -0.4 is 30.2 Å². The summed E-state index contributed by atoms with van der Waals surface area (Å²) in [5.74, 6) is 3.38. The van der Waals surface area contributed by atoms with Crippen LogP contribution in [0.3, 0.4) is 0 Å². The zero-order valence-electron chi connectivity index (χ0n) is 28.5. The van der Waals surface area contributed by atoms with Gasteiger partial charge in [-0.1, -0.05) is 0 Å². The molecule has 260 valence electrons. The van der Waals surface area contributed by atoms with Gasteiger partial charge in [0.25, 0.3) is 0 Å².